The molecule has 3 saturated carbocycles. The third kappa shape index (κ3) is 19.5. The van der Waals surface area contributed by atoms with Crippen molar-refractivity contribution >= 4 is 0 Å². The summed E-state index contributed by atoms with van der Waals surface area (Å²) < 4.78 is 0. The minimum atomic E-state index is 0.866. The molecule has 12 rings (SSSR count). The predicted molar refractivity (Wildman–Crippen MR) is 334 cm³/mol. The minimum Gasteiger partial charge on any atom is -0.0620 e. The van der Waals surface area contributed by atoms with Gasteiger partial charge < -0.3 is 0 Å². The van der Waals surface area contributed by atoms with Gasteiger partial charge in [0.1, 0.15) is 0 Å². The fourth-order valence-corrected chi connectivity index (χ4v) is 12.2. The fourth-order valence-electron chi connectivity index (χ4n) is 12.2. The van der Waals surface area contributed by atoms with E-state index in [4.69, 9.17) is 0 Å². The summed E-state index contributed by atoms with van der Waals surface area (Å²) in [6.45, 7) is 23.8. The zero-order chi connectivity index (χ0) is 54.2. The van der Waals surface area contributed by atoms with Crippen molar-refractivity contribution in [1.82, 2.24) is 0 Å². The Bertz CT molecular complexity index is 2760. The lowest BCUT2D eigenvalue weighted by atomic mass is 9.89. The number of hydrogen-bond donors (Lipinski definition) is 0. The van der Waals surface area contributed by atoms with Crippen LogP contribution in [0.15, 0.2) is 146 Å². The average Bonchev–Trinajstić information content (AvgIpc) is 4.28. The molecule has 404 valence electrons. The van der Waals surface area contributed by atoms with Crippen molar-refractivity contribution in [2.24, 2.45) is 0 Å². The lowest BCUT2D eigenvalue weighted by Crippen LogP contribution is -2.03. The van der Waals surface area contributed by atoms with Gasteiger partial charge in [-0.25, -0.2) is 0 Å². The van der Waals surface area contributed by atoms with Crippen molar-refractivity contribution < 1.29 is 0 Å². The second-order valence-corrected chi connectivity index (χ2v) is 23.6. The first-order valence-corrected chi connectivity index (χ1v) is 30.2. The Kier molecular flexibility index (Phi) is 24.9. The van der Waals surface area contributed by atoms with Crippen LogP contribution in [-0.4, -0.2) is 0 Å². The minimum absolute atomic E-state index is 0.866. The molecule has 0 N–H and O–H groups in total. The molecule has 0 saturated heterocycles. The van der Waals surface area contributed by atoms with E-state index in [1.807, 2.05) is 0 Å². The molecule has 0 aliphatic heterocycles. The largest absolute Gasteiger partial charge is 0.0620 e. The fraction of sp³-hybridized carbons (Fsp3) is 0.447. The van der Waals surface area contributed by atoms with Crippen LogP contribution in [0, 0.1) is 76.2 Å². The Hall–Kier alpha value is -5.46. The summed E-state index contributed by atoms with van der Waals surface area (Å²) in [5.74, 6) is 2.60. The molecule has 3 fully saturated rings. The zero-order valence-corrected chi connectivity index (χ0v) is 49.7. The van der Waals surface area contributed by atoms with Gasteiger partial charge >= 0.3 is 0 Å². The van der Waals surface area contributed by atoms with Crippen LogP contribution in [0.5, 0.6) is 0 Å². The van der Waals surface area contributed by atoms with Gasteiger partial charge in [-0.3, -0.25) is 0 Å². The van der Waals surface area contributed by atoms with Crippen LogP contribution < -0.4 is 0 Å². The SMILES string of the molecule is Cc1ccc(C)c(C)c1.Cc1ccc(C2CCCC2)cc1.Cc1ccc2c(c1)CCCC2.Cc1cccc(C)c1C.Cc1cccc(C2CCCC2)c1.Cc1cccc2c1CCCC2.Cc1ccccc1C1CCCC1. The molecule has 5 aliphatic carbocycles. The number of aryl methyl sites for hydroxylation is 13. The van der Waals surface area contributed by atoms with Crippen LogP contribution >= 0.6 is 0 Å². The zero-order valence-electron chi connectivity index (χ0n) is 49.7. The van der Waals surface area contributed by atoms with E-state index in [2.05, 4.69) is 222 Å². The maximum Gasteiger partial charge on any atom is -0.0159 e. The summed E-state index contributed by atoms with van der Waals surface area (Å²) in [5, 5.41) is 0. The van der Waals surface area contributed by atoms with E-state index in [0.717, 1.165) is 17.8 Å². The second-order valence-electron chi connectivity index (χ2n) is 23.6. The molecule has 7 aromatic carbocycles. The molecule has 0 spiro atoms. The highest BCUT2D eigenvalue weighted by Crippen LogP contribution is 2.36. The highest BCUT2D eigenvalue weighted by Gasteiger charge is 2.19. The molecule has 76 heavy (non-hydrogen) atoms. The first kappa shape index (κ1) is 59.8. The van der Waals surface area contributed by atoms with Gasteiger partial charge in [0.05, 0.1) is 0 Å². The lowest BCUT2D eigenvalue weighted by Gasteiger charge is -2.17. The first-order valence-electron chi connectivity index (χ1n) is 30.2. The normalized spacial score (nSPS) is 15.7. The number of rotatable bonds is 3. The van der Waals surface area contributed by atoms with E-state index in [1.165, 1.54) is 190 Å². The smallest absolute Gasteiger partial charge is 0.0159 e. The predicted octanol–water partition coefficient (Wildman–Crippen LogP) is 21.9. The van der Waals surface area contributed by atoms with Gasteiger partial charge in [-0.05, 0) is 262 Å². The molecule has 0 unspecified atom stereocenters. The molecule has 7 aromatic rings. The Morgan fingerprint density at radius 2 is 0.737 bits per heavy atom. The van der Waals surface area contributed by atoms with E-state index in [1.54, 1.807) is 38.9 Å². The molecule has 0 atom stereocenters. The molecule has 0 aromatic heterocycles. The summed E-state index contributed by atoms with van der Waals surface area (Å²) in [4.78, 5) is 0. The molecular formula is C76H100. The Labute approximate surface area is 465 Å². The second kappa shape index (κ2) is 31.7. The first-order chi connectivity index (χ1) is 36.7. The molecule has 0 heterocycles. The molecule has 0 nitrogen and oxygen atoms in total. The van der Waals surface area contributed by atoms with Gasteiger partial charge in [-0.1, -0.05) is 206 Å². The summed E-state index contributed by atoms with van der Waals surface area (Å²) in [5.41, 5.74) is 26.5. The van der Waals surface area contributed by atoms with Gasteiger partial charge in [-0.15, -0.1) is 0 Å². The standard InChI is InChI=1S/3C12H16.2C11H14.2C9H12/c1-10-6-2-5-9-12(10)11-7-3-4-8-11;1-10-5-4-8-12(9-10)11-6-2-3-7-11;1-10-6-8-12(9-7-10)11-4-2-3-5-11;1-9-5-4-7-10-6-2-3-8-11(9)10;1-9-6-7-10-4-2-3-5-11(10)8-9;1-7-4-5-8(2)9(3)6-7;1-7-5-4-6-8(2)9(7)3/h2,5-6,9,11H,3-4,7-8H2,1H3;4-5,8-9,11H,2-3,6-7H2,1H3;6-9,11H,2-5H2,1H3;4-5,7H,2-3,6,8H2,1H3;6-8H,2-5H2,1H3;2*4-6H,1-3H3. The van der Waals surface area contributed by atoms with E-state index < -0.39 is 0 Å². The van der Waals surface area contributed by atoms with Gasteiger partial charge in [0, 0.05) is 0 Å². The van der Waals surface area contributed by atoms with E-state index in [9.17, 15) is 0 Å². The van der Waals surface area contributed by atoms with E-state index >= 15 is 0 Å². The third-order valence-electron chi connectivity index (χ3n) is 17.4. The van der Waals surface area contributed by atoms with Crippen molar-refractivity contribution in [2.75, 3.05) is 0 Å². The average molecular weight is 1010 g/mol. The van der Waals surface area contributed by atoms with Crippen LogP contribution in [-0.2, 0) is 25.7 Å². The Balaban J connectivity index is 0.000000144. The van der Waals surface area contributed by atoms with Crippen LogP contribution in [0.1, 0.15) is 221 Å². The third-order valence-corrected chi connectivity index (χ3v) is 17.4. The molecule has 0 heteroatoms. The monoisotopic (exact) mass is 1010 g/mol. The van der Waals surface area contributed by atoms with Crippen LogP contribution in [0.2, 0.25) is 0 Å². The summed E-state index contributed by atoms with van der Waals surface area (Å²) in [6.07, 6.45) is 27.8. The van der Waals surface area contributed by atoms with E-state index in [0.29, 0.717) is 0 Å². The van der Waals surface area contributed by atoms with Crippen LogP contribution in [0.25, 0.3) is 0 Å². The van der Waals surface area contributed by atoms with Crippen LogP contribution in [0.3, 0.4) is 0 Å². The molecule has 5 aliphatic rings. The highest BCUT2D eigenvalue weighted by molar-refractivity contribution is 5.37. The van der Waals surface area contributed by atoms with Gasteiger partial charge in [0.25, 0.3) is 0 Å². The van der Waals surface area contributed by atoms with Crippen LogP contribution in [0.4, 0.5) is 0 Å². The van der Waals surface area contributed by atoms with Crippen molar-refractivity contribution in [1.29, 1.82) is 0 Å². The van der Waals surface area contributed by atoms with Gasteiger partial charge in [0.2, 0.25) is 0 Å². The lowest BCUT2D eigenvalue weighted by molar-refractivity contribution is 0.682. The van der Waals surface area contributed by atoms with Crippen molar-refractivity contribution in [3.63, 3.8) is 0 Å². The quantitative estimate of drug-likeness (QED) is 0.165. The summed E-state index contributed by atoms with van der Waals surface area (Å²) in [7, 11) is 0. The summed E-state index contributed by atoms with van der Waals surface area (Å²) in [6, 6.07) is 53.3. The number of fused-ring (bicyclic) bond motifs is 2. The maximum absolute atomic E-state index is 2.34. The topological polar surface area (TPSA) is 0 Å². The molecule has 0 amide bonds. The van der Waals surface area contributed by atoms with Crippen molar-refractivity contribution in [2.45, 2.75) is 222 Å². The highest BCUT2D eigenvalue weighted by atomic mass is 14.2. The number of benzene rings is 7. The van der Waals surface area contributed by atoms with Gasteiger partial charge in [-0.2, -0.15) is 0 Å². The summed E-state index contributed by atoms with van der Waals surface area (Å²) >= 11 is 0. The van der Waals surface area contributed by atoms with E-state index in [-0.39, 0.29) is 0 Å². The Morgan fingerprint density at radius 3 is 1.32 bits per heavy atom. The van der Waals surface area contributed by atoms with Crippen molar-refractivity contribution in [3.8, 4) is 0 Å². The maximum atomic E-state index is 2.34. The Morgan fingerprint density at radius 1 is 0.263 bits per heavy atom. The van der Waals surface area contributed by atoms with Crippen molar-refractivity contribution in [3.05, 3.63) is 246 Å². The van der Waals surface area contributed by atoms with Gasteiger partial charge in [0.15, 0.2) is 0 Å². The molecular weight excluding hydrogens is 913 g/mol. The molecule has 0 radical (unpaired) electrons. The molecule has 0 bridgehead atoms. The number of hydrogen-bond acceptors (Lipinski definition) is 0.